The molecule has 0 saturated carbocycles. The lowest BCUT2D eigenvalue weighted by atomic mass is 10.3. The van der Waals surface area contributed by atoms with Crippen molar-refractivity contribution in [1.82, 2.24) is 4.90 Å². The van der Waals surface area contributed by atoms with Crippen LogP contribution in [-0.4, -0.2) is 32.4 Å². The fourth-order valence-electron chi connectivity index (χ4n) is 1.73. The Labute approximate surface area is 101 Å². The summed E-state index contributed by atoms with van der Waals surface area (Å²) in [6.07, 6.45) is 3.06. The lowest BCUT2D eigenvalue weighted by Gasteiger charge is -2.16. The molecule has 1 aromatic rings. The third-order valence-corrected chi connectivity index (χ3v) is 3.96. The molecule has 2 N–H and O–H groups in total. The molecule has 0 aromatic heterocycles. The van der Waals surface area contributed by atoms with Crippen molar-refractivity contribution < 1.29 is 8.42 Å². The molecule has 92 valence electrons. The van der Waals surface area contributed by atoms with Crippen molar-refractivity contribution in [2.75, 3.05) is 6.54 Å². The molecule has 1 heterocycles. The first kappa shape index (κ1) is 12.1. The van der Waals surface area contributed by atoms with Crippen LogP contribution in [-0.2, 0) is 10.0 Å². The zero-order valence-electron chi connectivity index (χ0n) is 9.36. The lowest BCUT2D eigenvalue weighted by Crippen LogP contribution is -2.35. The standard InChI is InChI=1S/C11H15N3O2S/c12-11-7-4-8-14(11)9-13-17(15,16)10-5-2-1-3-6-10/h1-3,5-6,9,11H,4,7-8,12H2. The van der Waals surface area contributed by atoms with Gasteiger partial charge in [0.15, 0.2) is 0 Å². The molecule has 1 fully saturated rings. The molecule has 0 bridgehead atoms. The monoisotopic (exact) mass is 253 g/mol. The summed E-state index contributed by atoms with van der Waals surface area (Å²) in [5, 5.41) is 0. The van der Waals surface area contributed by atoms with E-state index >= 15 is 0 Å². The van der Waals surface area contributed by atoms with E-state index < -0.39 is 10.0 Å². The maximum atomic E-state index is 11.8. The van der Waals surface area contributed by atoms with Gasteiger partial charge in [0, 0.05) is 6.54 Å². The van der Waals surface area contributed by atoms with Crippen LogP contribution in [0.4, 0.5) is 0 Å². The Morgan fingerprint density at radius 1 is 1.35 bits per heavy atom. The highest BCUT2D eigenvalue weighted by Crippen LogP contribution is 2.13. The van der Waals surface area contributed by atoms with Gasteiger partial charge in [0.25, 0.3) is 10.0 Å². The van der Waals surface area contributed by atoms with Gasteiger partial charge in [-0.1, -0.05) is 18.2 Å². The number of sulfonamides is 1. The average Bonchev–Trinajstić information content (AvgIpc) is 2.74. The molecule has 1 unspecified atom stereocenters. The Balaban J connectivity index is 2.15. The predicted octanol–water partition coefficient (Wildman–Crippen LogP) is 0.784. The molecular formula is C11H15N3O2S. The van der Waals surface area contributed by atoms with Gasteiger partial charge < -0.3 is 10.6 Å². The zero-order chi connectivity index (χ0) is 12.3. The SMILES string of the molecule is NC1CCCN1C=NS(=O)(=O)c1ccccc1. The second kappa shape index (κ2) is 4.85. The topological polar surface area (TPSA) is 75.8 Å². The molecule has 6 heteroatoms. The molecule has 1 saturated heterocycles. The van der Waals surface area contributed by atoms with Gasteiger partial charge in [0.1, 0.15) is 6.34 Å². The summed E-state index contributed by atoms with van der Waals surface area (Å²) in [6.45, 7) is 0.759. The van der Waals surface area contributed by atoms with Crippen LogP contribution in [0.1, 0.15) is 12.8 Å². The van der Waals surface area contributed by atoms with Crippen LogP contribution in [0.5, 0.6) is 0 Å². The first-order chi connectivity index (χ1) is 8.09. The first-order valence-corrected chi connectivity index (χ1v) is 6.90. The summed E-state index contributed by atoms with van der Waals surface area (Å²) >= 11 is 0. The van der Waals surface area contributed by atoms with Crippen molar-refractivity contribution in [3.63, 3.8) is 0 Å². The maximum Gasteiger partial charge on any atom is 0.283 e. The van der Waals surface area contributed by atoms with Crippen LogP contribution >= 0.6 is 0 Å². The first-order valence-electron chi connectivity index (χ1n) is 5.46. The number of rotatable bonds is 3. The fourth-order valence-corrected chi connectivity index (χ4v) is 2.60. The minimum atomic E-state index is -3.60. The molecule has 0 radical (unpaired) electrons. The second-order valence-corrected chi connectivity index (χ2v) is 5.59. The van der Waals surface area contributed by atoms with E-state index in [0.29, 0.717) is 0 Å². The van der Waals surface area contributed by atoms with Gasteiger partial charge in [0.05, 0.1) is 11.1 Å². The van der Waals surface area contributed by atoms with Crippen LogP contribution in [0, 0.1) is 0 Å². The summed E-state index contributed by atoms with van der Waals surface area (Å²) in [5.41, 5.74) is 5.79. The van der Waals surface area contributed by atoms with Gasteiger partial charge in [-0.15, -0.1) is 4.40 Å². The second-order valence-electron chi connectivity index (χ2n) is 3.96. The maximum absolute atomic E-state index is 11.8. The van der Waals surface area contributed by atoms with E-state index in [1.165, 1.54) is 18.5 Å². The number of nitrogens with zero attached hydrogens (tertiary/aromatic N) is 2. The van der Waals surface area contributed by atoms with Gasteiger partial charge in [-0.25, -0.2) is 0 Å². The van der Waals surface area contributed by atoms with E-state index in [0.717, 1.165) is 19.4 Å². The molecule has 1 atom stereocenters. The average molecular weight is 253 g/mol. The van der Waals surface area contributed by atoms with Gasteiger partial charge in [-0.3, -0.25) is 0 Å². The van der Waals surface area contributed by atoms with E-state index in [4.69, 9.17) is 5.73 Å². The van der Waals surface area contributed by atoms with E-state index in [1.54, 1.807) is 23.1 Å². The number of nitrogens with two attached hydrogens (primary N) is 1. The summed E-state index contributed by atoms with van der Waals surface area (Å²) in [6, 6.07) is 8.15. The molecule has 0 amide bonds. The van der Waals surface area contributed by atoms with Crippen LogP contribution in [0.15, 0.2) is 39.6 Å². The Morgan fingerprint density at radius 3 is 2.65 bits per heavy atom. The van der Waals surface area contributed by atoms with Gasteiger partial charge in [-0.2, -0.15) is 8.42 Å². The van der Waals surface area contributed by atoms with Crippen molar-refractivity contribution >= 4 is 16.4 Å². The van der Waals surface area contributed by atoms with E-state index in [2.05, 4.69) is 4.40 Å². The third-order valence-electron chi connectivity index (χ3n) is 2.72. The van der Waals surface area contributed by atoms with Gasteiger partial charge >= 0.3 is 0 Å². The minimum absolute atomic E-state index is 0.121. The van der Waals surface area contributed by atoms with E-state index in [-0.39, 0.29) is 11.1 Å². The van der Waals surface area contributed by atoms with Crippen molar-refractivity contribution in [2.24, 2.45) is 10.1 Å². The van der Waals surface area contributed by atoms with Crippen LogP contribution in [0.3, 0.4) is 0 Å². The molecule has 1 aliphatic heterocycles. The molecule has 2 rings (SSSR count). The Morgan fingerprint density at radius 2 is 2.06 bits per heavy atom. The predicted molar refractivity (Wildman–Crippen MR) is 66.0 cm³/mol. The molecule has 5 nitrogen and oxygen atoms in total. The van der Waals surface area contributed by atoms with Crippen molar-refractivity contribution in [3.05, 3.63) is 30.3 Å². The summed E-state index contributed by atoms with van der Waals surface area (Å²) in [5.74, 6) is 0. The van der Waals surface area contributed by atoms with Crippen molar-refractivity contribution in [2.45, 2.75) is 23.9 Å². The molecular weight excluding hydrogens is 238 g/mol. The number of hydrogen-bond donors (Lipinski definition) is 1. The third kappa shape index (κ3) is 2.83. The highest BCUT2D eigenvalue weighted by atomic mass is 32.2. The molecule has 17 heavy (non-hydrogen) atoms. The quantitative estimate of drug-likeness (QED) is 0.638. The number of hydrogen-bond acceptors (Lipinski definition) is 3. The zero-order valence-corrected chi connectivity index (χ0v) is 10.2. The van der Waals surface area contributed by atoms with Crippen LogP contribution in [0.25, 0.3) is 0 Å². The molecule has 0 aliphatic carbocycles. The Bertz CT molecular complexity index is 499. The van der Waals surface area contributed by atoms with Crippen molar-refractivity contribution in [1.29, 1.82) is 0 Å². The largest absolute Gasteiger partial charge is 0.347 e. The number of benzene rings is 1. The molecule has 1 aromatic carbocycles. The highest BCUT2D eigenvalue weighted by Gasteiger charge is 2.19. The van der Waals surface area contributed by atoms with E-state index in [9.17, 15) is 8.42 Å². The van der Waals surface area contributed by atoms with Gasteiger partial charge in [0.2, 0.25) is 0 Å². The van der Waals surface area contributed by atoms with Crippen LogP contribution in [0.2, 0.25) is 0 Å². The summed E-state index contributed by atoms with van der Waals surface area (Å²) in [7, 11) is -3.60. The minimum Gasteiger partial charge on any atom is -0.347 e. The Hall–Kier alpha value is -1.40. The summed E-state index contributed by atoms with van der Waals surface area (Å²) < 4.78 is 27.3. The lowest BCUT2D eigenvalue weighted by molar-refractivity contribution is 0.411. The Kier molecular flexibility index (Phi) is 3.44. The highest BCUT2D eigenvalue weighted by molar-refractivity contribution is 7.90. The van der Waals surface area contributed by atoms with Crippen LogP contribution < -0.4 is 5.73 Å². The summed E-state index contributed by atoms with van der Waals surface area (Å²) in [4.78, 5) is 1.95. The fraction of sp³-hybridized carbons (Fsp3) is 0.364. The van der Waals surface area contributed by atoms with E-state index in [1.807, 2.05) is 0 Å². The molecule has 0 spiro atoms. The smallest absolute Gasteiger partial charge is 0.283 e. The normalized spacial score (nSPS) is 21.2. The number of likely N-dealkylation sites (tertiary alicyclic amines) is 1. The van der Waals surface area contributed by atoms with Crippen molar-refractivity contribution in [3.8, 4) is 0 Å². The molecule has 1 aliphatic rings. The van der Waals surface area contributed by atoms with Gasteiger partial charge in [-0.05, 0) is 25.0 Å².